The first-order valence-corrected chi connectivity index (χ1v) is 3.85. The number of ether oxygens (including phenoxy) is 1. The number of aliphatic hydroxyl groups excluding tert-OH is 1. The molecular formula is C7H13N3O2. The summed E-state index contributed by atoms with van der Waals surface area (Å²) in [6.07, 6.45) is 0.756. The summed E-state index contributed by atoms with van der Waals surface area (Å²) in [5.41, 5.74) is 0. The Kier molecular flexibility index (Phi) is 3.19. The maximum atomic E-state index is 9.40. The first kappa shape index (κ1) is 9.15. The van der Waals surface area contributed by atoms with Gasteiger partial charge in [0, 0.05) is 0 Å². The lowest BCUT2D eigenvalue weighted by molar-refractivity contribution is 0.00159. The molecule has 0 fully saturated rings. The van der Waals surface area contributed by atoms with Gasteiger partial charge in [0.15, 0.2) is 5.82 Å². The second-order valence-electron chi connectivity index (χ2n) is 2.77. The molecule has 5 heteroatoms. The van der Waals surface area contributed by atoms with Crippen molar-refractivity contribution in [1.82, 2.24) is 15.2 Å². The Morgan fingerprint density at radius 1 is 1.67 bits per heavy atom. The first-order chi connectivity index (χ1) is 5.70. The van der Waals surface area contributed by atoms with E-state index in [0.717, 1.165) is 0 Å². The van der Waals surface area contributed by atoms with Crippen LogP contribution in [0.5, 0.6) is 0 Å². The number of hydrogen-bond acceptors (Lipinski definition) is 4. The van der Waals surface area contributed by atoms with E-state index >= 15 is 0 Å². The second-order valence-corrected chi connectivity index (χ2v) is 2.77. The summed E-state index contributed by atoms with van der Waals surface area (Å²) in [6.45, 7) is 4.06. The molecule has 68 valence electrons. The number of nitrogens with one attached hydrogen (secondary N) is 1. The summed E-state index contributed by atoms with van der Waals surface area (Å²) < 4.78 is 5.19. The fraction of sp³-hybridized carbons (Fsp3) is 0.714. The van der Waals surface area contributed by atoms with Crippen LogP contribution in [0.2, 0.25) is 0 Å². The summed E-state index contributed by atoms with van der Waals surface area (Å²) in [4.78, 5) is 3.80. The zero-order valence-electron chi connectivity index (χ0n) is 7.19. The molecule has 1 rings (SSSR count). The Hall–Kier alpha value is -0.940. The molecule has 0 aromatic carbocycles. The van der Waals surface area contributed by atoms with Gasteiger partial charge in [0.2, 0.25) is 0 Å². The Bertz CT molecular complexity index is 210. The molecule has 0 saturated carbocycles. The summed E-state index contributed by atoms with van der Waals surface area (Å²) in [5, 5.41) is 15.6. The maximum Gasteiger partial charge on any atom is 0.155 e. The molecule has 1 heterocycles. The van der Waals surface area contributed by atoms with E-state index in [0.29, 0.717) is 5.82 Å². The number of aliphatic hydroxyl groups is 1. The molecule has 0 aliphatic carbocycles. The number of rotatable bonds is 4. The highest BCUT2D eigenvalue weighted by Gasteiger charge is 2.10. The van der Waals surface area contributed by atoms with Crippen LogP contribution in [0.1, 0.15) is 25.8 Å². The van der Waals surface area contributed by atoms with Gasteiger partial charge < -0.3 is 9.84 Å². The third kappa shape index (κ3) is 2.60. The molecule has 0 amide bonds. The fourth-order valence-electron chi connectivity index (χ4n) is 0.738. The van der Waals surface area contributed by atoms with Crippen LogP contribution in [-0.2, 0) is 4.74 Å². The van der Waals surface area contributed by atoms with Crippen LogP contribution < -0.4 is 0 Å². The molecule has 1 aromatic heterocycles. The van der Waals surface area contributed by atoms with Gasteiger partial charge in [0.1, 0.15) is 12.4 Å². The smallest absolute Gasteiger partial charge is 0.155 e. The fourth-order valence-corrected chi connectivity index (χ4v) is 0.738. The van der Waals surface area contributed by atoms with Crippen molar-refractivity contribution in [3.8, 4) is 0 Å². The molecule has 0 radical (unpaired) electrons. The largest absolute Gasteiger partial charge is 0.383 e. The molecule has 0 saturated heterocycles. The second kappa shape index (κ2) is 4.18. The van der Waals surface area contributed by atoms with E-state index in [4.69, 9.17) is 4.74 Å². The van der Waals surface area contributed by atoms with E-state index in [1.54, 1.807) is 0 Å². The molecule has 0 spiro atoms. The van der Waals surface area contributed by atoms with Crippen molar-refractivity contribution in [2.75, 3.05) is 6.61 Å². The quantitative estimate of drug-likeness (QED) is 0.681. The molecule has 2 N–H and O–H groups in total. The molecule has 0 aliphatic heterocycles. The highest BCUT2D eigenvalue weighted by molar-refractivity contribution is 4.85. The van der Waals surface area contributed by atoms with E-state index in [9.17, 15) is 5.11 Å². The van der Waals surface area contributed by atoms with Gasteiger partial charge in [0.05, 0.1) is 12.7 Å². The van der Waals surface area contributed by atoms with Crippen molar-refractivity contribution in [1.29, 1.82) is 0 Å². The average Bonchev–Trinajstić information content (AvgIpc) is 2.51. The van der Waals surface area contributed by atoms with Crippen molar-refractivity contribution in [2.45, 2.75) is 26.1 Å². The summed E-state index contributed by atoms with van der Waals surface area (Å²) in [5.74, 6) is 0.440. The van der Waals surface area contributed by atoms with E-state index in [1.807, 2.05) is 13.8 Å². The SMILES string of the molecule is CC(C)OCC(O)c1ncn[nH]1. The molecule has 1 unspecified atom stereocenters. The zero-order chi connectivity index (χ0) is 8.97. The van der Waals surface area contributed by atoms with Crippen LogP contribution in [0, 0.1) is 0 Å². The van der Waals surface area contributed by atoms with Gasteiger partial charge >= 0.3 is 0 Å². The van der Waals surface area contributed by atoms with Crippen molar-refractivity contribution in [3.05, 3.63) is 12.2 Å². The molecule has 5 nitrogen and oxygen atoms in total. The standard InChI is InChI=1S/C7H13N3O2/c1-5(2)12-3-6(11)7-8-4-9-10-7/h4-6,11H,3H2,1-2H3,(H,8,9,10). The average molecular weight is 171 g/mol. The minimum atomic E-state index is -0.713. The van der Waals surface area contributed by atoms with E-state index < -0.39 is 6.10 Å². The molecular weight excluding hydrogens is 158 g/mol. The Labute approximate surface area is 70.8 Å². The van der Waals surface area contributed by atoms with Crippen LogP contribution in [0.15, 0.2) is 6.33 Å². The van der Waals surface area contributed by atoms with Crippen molar-refractivity contribution >= 4 is 0 Å². The first-order valence-electron chi connectivity index (χ1n) is 3.85. The van der Waals surface area contributed by atoms with Crippen molar-refractivity contribution in [2.24, 2.45) is 0 Å². The summed E-state index contributed by atoms with van der Waals surface area (Å²) in [7, 11) is 0. The number of hydrogen-bond donors (Lipinski definition) is 2. The van der Waals surface area contributed by atoms with E-state index in [1.165, 1.54) is 6.33 Å². The Morgan fingerprint density at radius 3 is 2.92 bits per heavy atom. The highest BCUT2D eigenvalue weighted by Crippen LogP contribution is 2.06. The number of aromatic nitrogens is 3. The lowest BCUT2D eigenvalue weighted by Gasteiger charge is -2.10. The van der Waals surface area contributed by atoms with Crippen LogP contribution in [0.4, 0.5) is 0 Å². The van der Waals surface area contributed by atoms with E-state index in [2.05, 4.69) is 15.2 Å². The topological polar surface area (TPSA) is 71.0 Å². The highest BCUT2D eigenvalue weighted by atomic mass is 16.5. The number of aromatic amines is 1. The van der Waals surface area contributed by atoms with Gasteiger partial charge in [-0.1, -0.05) is 0 Å². The minimum Gasteiger partial charge on any atom is -0.383 e. The van der Waals surface area contributed by atoms with Crippen LogP contribution in [-0.4, -0.2) is 33.0 Å². The number of H-pyrrole nitrogens is 1. The number of nitrogens with zero attached hydrogens (tertiary/aromatic N) is 2. The van der Waals surface area contributed by atoms with Crippen LogP contribution in [0.25, 0.3) is 0 Å². The van der Waals surface area contributed by atoms with Gasteiger partial charge in [0.25, 0.3) is 0 Å². The lowest BCUT2D eigenvalue weighted by Crippen LogP contribution is -2.12. The van der Waals surface area contributed by atoms with Crippen molar-refractivity contribution in [3.63, 3.8) is 0 Å². The molecule has 12 heavy (non-hydrogen) atoms. The predicted molar refractivity (Wildman–Crippen MR) is 42.4 cm³/mol. The molecule has 0 aliphatic rings. The Balaban J connectivity index is 2.34. The van der Waals surface area contributed by atoms with Gasteiger partial charge in [-0.05, 0) is 13.8 Å². The normalized spacial score (nSPS) is 13.7. The van der Waals surface area contributed by atoms with Crippen molar-refractivity contribution < 1.29 is 9.84 Å². The van der Waals surface area contributed by atoms with E-state index in [-0.39, 0.29) is 12.7 Å². The molecule has 1 aromatic rings. The Morgan fingerprint density at radius 2 is 2.42 bits per heavy atom. The molecule has 0 bridgehead atoms. The van der Waals surface area contributed by atoms with Gasteiger partial charge in [-0.3, -0.25) is 5.10 Å². The lowest BCUT2D eigenvalue weighted by atomic mass is 10.3. The van der Waals surface area contributed by atoms with Crippen LogP contribution >= 0.6 is 0 Å². The van der Waals surface area contributed by atoms with Gasteiger partial charge in [-0.15, -0.1) is 0 Å². The monoisotopic (exact) mass is 171 g/mol. The summed E-state index contributed by atoms with van der Waals surface area (Å²) in [6, 6.07) is 0. The third-order valence-electron chi connectivity index (χ3n) is 1.34. The maximum absolute atomic E-state index is 9.40. The van der Waals surface area contributed by atoms with Gasteiger partial charge in [-0.2, -0.15) is 5.10 Å². The predicted octanol–water partition coefficient (Wildman–Crippen LogP) is 0.263. The van der Waals surface area contributed by atoms with Gasteiger partial charge in [-0.25, -0.2) is 4.98 Å². The summed E-state index contributed by atoms with van der Waals surface area (Å²) >= 11 is 0. The zero-order valence-corrected chi connectivity index (χ0v) is 7.19. The molecule has 1 atom stereocenters. The third-order valence-corrected chi connectivity index (χ3v) is 1.34. The minimum absolute atomic E-state index is 0.113. The van der Waals surface area contributed by atoms with Crippen LogP contribution in [0.3, 0.4) is 0 Å².